The Morgan fingerprint density at radius 2 is 1.85 bits per heavy atom. The molecule has 2 amide bonds. The molecule has 1 aliphatic rings. The smallest absolute Gasteiger partial charge is 0.250 e. The van der Waals surface area contributed by atoms with E-state index in [1.165, 1.54) is 0 Å². The molecule has 4 rings (SSSR count). The Hall–Kier alpha value is -2.60. The van der Waals surface area contributed by atoms with Crippen LogP contribution in [0.1, 0.15) is 34.8 Å². The fourth-order valence-electron chi connectivity index (χ4n) is 3.94. The van der Waals surface area contributed by atoms with Crippen LogP contribution in [0.2, 0.25) is 0 Å². The molecule has 6 heteroatoms. The number of halogens is 1. The van der Waals surface area contributed by atoms with Crippen molar-refractivity contribution in [3.05, 3.63) is 70.3 Å². The van der Waals surface area contributed by atoms with E-state index in [0.717, 1.165) is 40.3 Å². The molecule has 0 saturated carbocycles. The highest BCUT2D eigenvalue weighted by Gasteiger charge is 2.31. The summed E-state index contributed by atoms with van der Waals surface area (Å²) in [5, 5.41) is 0.779. The summed E-state index contributed by atoms with van der Waals surface area (Å²) in [5.41, 5.74) is 7.94. The van der Waals surface area contributed by atoms with E-state index >= 15 is 0 Å². The number of primary amides is 1. The van der Waals surface area contributed by atoms with E-state index in [0.29, 0.717) is 5.56 Å². The minimum Gasteiger partial charge on any atom is -0.366 e. The number of benzene rings is 2. The Morgan fingerprint density at radius 3 is 2.63 bits per heavy atom. The van der Waals surface area contributed by atoms with E-state index in [4.69, 9.17) is 5.73 Å². The van der Waals surface area contributed by atoms with Crippen LogP contribution in [0.4, 0.5) is 0 Å². The molecular formula is C21H20BrN3O2. The summed E-state index contributed by atoms with van der Waals surface area (Å²) in [6.07, 6.45) is 3.62. The second kappa shape index (κ2) is 7.19. The normalized spacial score (nSPS) is 16.8. The van der Waals surface area contributed by atoms with Gasteiger partial charge in [0.15, 0.2) is 0 Å². The molecule has 0 bridgehead atoms. The van der Waals surface area contributed by atoms with Crippen LogP contribution >= 0.6 is 15.9 Å². The monoisotopic (exact) mass is 425 g/mol. The first kappa shape index (κ1) is 17.8. The van der Waals surface area contributed by atoms with E-state index in [-0.39, 0.29) is 18.5 Å². The fourth-order valence-corrected chi connectivity index (χ4v) is 4.49. The molecule has 1 atom stereocenters. The van der Waals surface area contributed by atoms with Gasteiger partial charge in [-0.3, -0.25) is 9.59 Å². The predicted molar refractivity (Wildman–Crippen MR) is 108 cm³/mol. The summed E-state index contributed by atoms with van der Waals surface area (Å²) in [6, 6.07) is 15.7. The number of nitrogens with two attached hydrogens (primary N) is 1. The van der Waals surface area contributed by atoms with Gasteiger partial charge in [0.1, 0.15) is 6.54 Å². The van der Waals surface area contributed by atoms with Gasteiger partial charge in [-0.15, -0.1) is 0 Å². The molecule has 1 fully saturated rings. The zero-order valence-corrected chi connectivity index (χ0v) is 16.4. The lowest BCUT2D eigenvalue weighted by Crippen LogP contribution is -2.33. The zero-order chi connectivity index (χ0) is 19.0. The third-order valence-corrected chi connectivity index (χ3v) is 5.92. The number of para-hydroxylation sites is 1. The number of fused-ring (bicyclic) bond motifs is 1. The summed E-state index contributed by atoms with van der Waals surface area (Å²) < 4.78 is 2.85. The Kier molecular flexibility index (Phi) is 4.74. The van der Waals surface area contributed by atoms with Crippen molar-refractivity contribution in [2.24, 2.45) is 5.73 Å². The molecule has 138 valence electrons. The summed E-state index contributed by atoms with van der Waals surface area (Å²) in [4.78, 5) is 26.8. The maximum Gasteiger partial charge on any atom is 0.250 e. The third kappa shape index (κ3) is 3.25. The van der Waals surface area contributed by atoms with E-state index < -0.39 is 5.91 Å². The van der Waals surface area contributed by atoms with Crippen molar-refractivity contribution in [2.75, 3.05) is 6.54 Å². The summed E-state index contributed by atoms with van der Waals surface area (Å²) in [5.74, 6) is -0.435. The van der Waals surface area contributed by atoms with Crippen LogP contribution in [0.15, 0.2) is 59.2 Å². The van der Waals surface area contributed by atoms with Gasteiger partial charge in [-0.1, -0.05) is 52.3 Å². The highest BCUT2D eigenvalue weighted by molar-refractivity contribution is 9.10. The van der Waals surface area contributed by atoms with Crippen molar-refractivity contribution in [1.29, 1.82) is 0 Å². The van der Waals surface area contributed by atoms with E-state index in [2.05, 4.69) is 22.0 Å². The van der Waals surface area contributed by atoms with Crippen LogP contribution < -0.4 is 5.73 Å². The van der Waals surface area contributed by atoms with Crippen LogP contribution in [0.5, 0.6) is 0 Å². The molecule has 0 radical (unpaired) electrons. The van der Waals surface area contributed by atoms with Crippen LogP contribution in [0.25, 0.3) is 10.9 Å². The summed E-state index contributed by atoms with van der Waals surface area (Å²) in [7, 11) is 0. The summed E-state index contributed by atoms with van der Waals surface area (Å²) >= 11 is 3.61. The molecule has 1 aromatic heterocycles. The van der Waals surface area contributed by atoms with Crippen LogP contribution in [0.3, 0.4) is 0 Å². The van der Waals surface area contributed by atoms with Gasteiger partial charge >= 0.3 is 0 Å². The Labute approximate surface area is 165 Å². The maximum atomic E-state index is 13.1. The van der Waals surface area contributed by atoms with Crippen molar-refractivity contribution >= 4 is 38.6 Å². The number of hydrogen-bond donors (Lipinski definition) is 1. The molecule has 2 aromatic carbocycles. The van der Waals surface area contributed by atoms with Gasteiger partial charge in [0.05, 0.1) is 11.6 Å². The Balaban J connectivity index is 1.64. The lowest BCUT2D eigenvalue weighted by atomic mass is 10.0. The predicted octanol–water partition coefficient (Wildman–Crippen LogP) is 3.87. The average Bonchev–Trinajstić information content (AvgIpc) is 3.28. The van der Waals surface area contributed by atoms with Gasteiger partial charge in [-0.05, 0) is 30.5 Å². The van der Waals surface area contributed by atoms with Gasteiger partial charge in [0.25, 0.3) is 5.91 Å². The molecular weight excluding hydrogens is 406 g/mol. The van der Waals surface area contributed by atoms with Crippen molar-refractivity contribution in [1.82, 2.24) is 9.47 Å². The van der Waals surface area contributed by atoms with E-state index in [1.54, 1.807) is 6.20 Å². The van der Waals surface area contributed by atoms with Crippen molar-refractivity contribution < 1.29 is 9.59 Å². The van der Waals surface area contributed by atoms with Crippen LogP contribution in [-0.2, 0) is 11.3 Å². The molecule has 1 saturated heterocycles. The number of carbonyl (C=O) groups is 2. The lowest BCUT2D eigenvalue weighted by Gasteiger charge is -2.26. The summed E-state index contributed by atoms with van der Waals surface area (Å²) in [6.45, 7) is 0.932. The van der Waals surface area contributed by atoms with Gasteiger partial charge in [-0.25, -0.2) is 0 Å². The first-order valence-corrected chi connectivity index (χ1v) is 9.77. The van der Waals surface area contributed by atoms with Gasteiger partial charge in [-0.2, -0.15) is 0 Å². The van der Waals surface area contributed by atoms with Crippen LogP contribution in [-0.4, -0.2) is 27.8 Å². The zero-order valence-electron chi connectivity index (χ0n) is 14.8. The van der Waals surface area contributed by atoms with Gasteiger partial charge in [0, 0.05) is 28.1 Å². The first-order chi connectivity index (χ1) is 13.1. The number of nitrogens with zero attached hydrogens (tertiary/aromatic N) is 2. The number of rotatable bonds is 4. The quantitative estimate of drug-likeness (QED) is 0.689. The number of likely N-dealkylation sites (tertiary alicyclic amines) is 1. The maximum absolute atomic E-state index is 13.1. The molecule has 5 nitrogen and oxygen atoms in total. The van der Waals surface area contributed by atoms with E-state index in [9.17, 15) is 9.59 Å². The lowest BCUT2D eigenvalue weighted by molar-refractivity contribution is -0.132. The third-order valence-electron chi connectivity index (χ3n) is 5.20. The first-order valence-electron chi connectivity index (χ1n) is 8.98. The molecule has 3 aromatic rings. The minimum absolute atomic E-state index is 0.0463. The second-order valence-electron chi connectivity index (χ2n) is 6.82. The van der Waals surface area contributed by atoms with Gasteiger partial charge in [0.2, 0.25) is 5.91 Å². The standard InChI is InChI=1S/C21H20BrN3O2/c22-17-8-3-1-7-15(17)19-10-5-11-25(19)20(26)13-24-12-16(21(23)27)14-6-2-4-9-18(14)24/h1-4,6-9,12,19H,5,10-11,13H2,(H2,23,27). The fraction of sp³-hybridized carbons (Fsp3) is 0.238. The highest BCUT2D eigenvalue weighted by atomic mass is 79.9. The number of amides is 2. The van der Waals surface area contributed by atoms with E-state index in [1.807, 2.05) is 51.9 Å². The molecule has 0 spiro atoms. The Bertz CT molecular complexity index is 1030. The molecule has 27 heavy (non-hydrogen) atoms. The Morgan fingerprint density at radius 1 is 1.11 bits per heavy atom. The SMILES string of the molecule is NC(=O)c1cn(CC(=O)N2CCCC2c2ccccc2Br)c2ccccc12. The molecule has 1 unspecified atom stereocenters. The minimum atomic E-state index is -0.482. The highest BCUT2D eigenvalue weighted by Crippen LogP contribution is 2.36. The number of aromatic nitrogens is 1. The molecule has 0 aliphatic carbocycles. The van der Waals surface area contributed by atoms with Gasteiger partial charge < -0.3 is 15.2 Å². The molecule has 2 N–H and O–H groups in total. The van der Waals surface area contributed by atoms with Crippen molar-refractivity contribution in [3.63, 3.8) is 0 Å². The molecule has 2 heterocycles. The second-order valence-corrected chi connectivity index (χ2v) is 7.67. The van der Waals surface area contributed by atoms with Crippen molar-refractivity contribution in [3.8, 4) is 0 Å². The van der Waals surface area contributed by atoms with Crippen molar-refractivity contribution in [2.45, 2.75) is 25.4 Å². The number of hydrogen-bond acceptors (Lipinski definition) is 2. The van der Waals surface area contributed by atoms with Crippen LogP contribution in [0, 0.1) is 0 Å². The largest absolute Gasteiger partial charge is 0.366 e. The number of carbonyl (C=O) groups excluding carboxylic acids is 2. The average molecular weight is 426 g/mol. The topological polar surface area (TPSA) is 68.3 Å². The molecule has 1 aliphatic heterocycles.